The minimum Gasteiger partial charge on any atom is -0.362 e. The zero-order valence-corrected chi connectivity index (χ0v) is 23.8. The first-order valence-corrected chi connectivity index (χ1v) is 14.9. The SMILES string of the molecule is C=C[C@@H](Nc1nc(C(=O)NS(C)=CC)nc2nc(-c3cccc(C)c3)n(Cc3ccc(C(F)(F)F)cc3)c12)C1CC1. The van der Waals surface area contributed by atoms with Crippen molar-refractivity contribution in [2.45, 2.75) is 45.5 Å². The van der Waals surface area contributed by atoms with Crippen LogP contribution >= 0.6 is 10.7 Å². The molecule has 0 saturated heterocycles. The van der Waals surface area contributed by atoms with Gasteiger partial charge in [-0.1, -0.05) is 42.0 Å². The quantitative estimate of drug-likeness (QED) is 0.172. The van der Waals surface area contributed by atoms with Crippen LogP contribution in [0, 0.1) is 12.8 Å². The van der Waals surface area contributed by atoms with Crippen LogP contribution in [0.3, 0.4) is 0 Å². The van der Waals surface area contributed by atoms with E-state index in [1.807, 2.05) is 60.4 Å². The predicted molar refractivity (Wildman–Crippen MR) is 159 cm³/mol. The number of rotatable bonds is 9. The smallest absolute Gasteiger partial charge is 0.362 e. The largest absolute Gasteiger partial charge is 0.416 e. The number of alkyl halides is 3. The number of carbonyl (C=O) groups is 1. The Morgan fingerprint density at radius 2 is 1.90 bits per heavy atom. The summed E-state index contributed by atoms with van der Waals surface area (Å²) in [6.07, 6.45) is 1.39. The number of aryl methyl sites for hydroxylation is 1. The van der Waals surface area contributed by atoms with Crippen molar-refractivity contribution in [1.29, 1.82) is 0 Å². The molecule has 1 fully saturated rings. The van der Waals surface area contributed by atoms with Gasteiger partial charge < -0.3 is 9.88 Å². The number of aromatic nitrogens is 4. The van der Waals surface area contributed by atoms with Gasteiger partial charge in [-0.05, 0) is 68.0 Å². The Kier molecular flexibility index (Phi) is 7.99. The number of amides is 1. The molecule has 4 aromatic rings. The lowest BCUT2D eigenvalue weighted by atomic mass is 10.1. The lowest BCUT2D eigenvalue weighted by Crippen LogP contribution is -2.24. The van der Waals surface area contributed by atoms with Gasteiger partial charge in [0.2, 0.25) is 5.82 Å². The molecule has 2 aromatic carbocycles. The highest BCUT2D eigenvalue weighted by Gasteiger charge is 2.32. The van der Waals surface area contributed by atoms with Gasteiger partial charge in [0.15, 0.2) is 11.5 Å². The summed E-state index contributed by atoms with van der Waals surface area (Å²) < 4.78 is 44.5. The van der Waals surface area contributed by atoms with Gasteiger partial charge in [0.05, 0.1) is 5.56 Å². The summed E-state index contributed by atoms with van der Waals surface area (Å²) in [6, 6.07) is 12.8. The maximum Gasteiger partial charge on any atom is 0.416 e. The Labute approximate surface area is 239 Å². The van der Waals surface area contributed by atoms with E-state index in [4.69, 9.17) is 4.98 Å². The van der Waals surface area contributed by atoms with E-state index in [9.17, 15) is 18.0 Å². The summed E-state index contributed by atoms with van der Waals surface area (Å²) in [5.41, 5.74) is 2.63. The molecule has 1 amide bonds. The number of carbonyl (C=O) groups excluding carboxylic acids is 1. The molecule has 0 spiro atoms. The highest BCUT2D eigenvalue weighted by Crippen LogP contribution is 2.37. The van der Waals surface area contributed by atoms with E-state index in [0.29, 0.717) is 34.3 Å². The van der Waals surface area contributed by atoms with Crippen molar-refractivity contribution in [3.05, 3.63) is 83.7 Å². The van der Waals surface area contributed by atoms with Crippen molar-refractivity contribution in [3.63, 3.8) is 0 Å². The topological polar surface area (TPSA) is 84.7 Å². The minimum atomic E-state index is -4.43. The summed E-state index contributed by atoms with van der Waals surface area (Å²) in [4.78, 5) is 27.2. The fourth-order valence-corrected chi connectivity index (χ4v) is 5.11. The third kappa shape index (κ3) is 6.35. The predicted octanol–water partition coefficient (Wildman–Crippen LogP) is 6.61. The summed E-state index contributed by atoms with van der Waals surface area (Å²) in [7, 11) is -0.471. The second-order valence-electron chi connectivity index (χ2n) is 10.1. The molecule has 7 nitrogen and oxygen atoms in total. The number of nitrogens with zero attached hydrogens (tertiary/aromatic N) is 4. The van der Waals surface area contributed by atoms with Gasteiger partial charge >= 0.3 is 6.18 Å². The van der Waals surface area contributed by atoms with Crippen molar-refractivity contribution in [2.24, 2.45) is 5.92 Å². The maximum atomic E-state index is 13.2. The third-order valence-corrected chi connectivity index (χ3v) is 8.21. The Hall–Kier alpha value is -3.99. The normalized spacial score (nSPS) is 15.1. The molecule has 2 heterocycles. The number of benzene rings is 2. The van der Waals surface area contributed by atoms with Crippen molar-refractivity contribution < 1.29 is 18.0 Å². The molecule has 41 heavy (non-hydrogen) atoms. The fraction of sp³-hybridized carbons (Fsp3) is 0.300. The van der Waals surface area contributed by atoms with E-state index in [1.54, 1.807) is 0 Å². The van der Waals surface area contributed by atoms with Gasteiger partial charge in [-0.25, -0.2) is 15.0 Å². The molecule has 1 saturated carbocycles. The maximum absolute atomic E-state index is 13.2. The molecule has 1 aliphatic carbocycles. The lowest BCUT2D eigenvalue weighted by Gasteiger charge is -2.18. The van der Waals surface area contributed by atoms with Crippen molar-refractivity contribution >= 4 is 38.9 Å². The molecule has 2 aromatic heterocycles. The first-order chi connectivity index (χ1) is 19.6. The average molecular weight is 581 g/mol. The third-order valence-electron chi connectivity index (χ3n) is 7.00. The molecule has 214 valence electrons. The van der Waals surface area contributed by atoms with E-state index in [2.05, 4.69) is 26.6 Å². The molecule has 11 heteroatoms. The first-order valence-electron chi connectivity index (χ1n) is 13.2. The molecule has 0 radical (unpaired) electrons. The fourth-order valence-electron chi connectivity index (χ4n) is 4.61. The number of halogens is 3. The zero-order chi connectivity index (χ0) is 29.3. The molecule has 0 bridgehead atoms. The second kappa shape index (κ2) is 11.5. The van der Waals surface area contributed by atoms with E-state index in [1.165, 1.54) is 12.1 Å². The van der Waals surface area contributed by atoms with Gasteiger partial charge in [0, 0.05) is 18.2 Å². The molecule has 2 atom stereocenters. The van der Waals surface area contributed by atoms with E-state index in [0.717, 1.165) is 36.1 Å². The number of anilines is 1. The summed E-state index contributed by atoms with van der Waals surface area (Å²) in [5, 5.41) is 5.34. The van der Waals surface area contributed by atoms with Gasteiger partial charge in [0.25, 0.3) is 5.91 Å². The summed E-state index contributed by atoms with van der Waals surface area (Å²) in [5.74, 6) is 0.946. The molecule has 1 aliphatic rings. The number of imidazole rings is 1. The van der Waals surface area contributed by atoms with Gasteiger partial charge in [0.1, 0.15) is 11.3 Å². The van der Waals surface area contributed by atoms with Gasteiger partial charge in [-0.3, -0.25) is 9.52 Å². The number of hydrogen-bond donors (Lipinski definition) is 2. The minimum absolute atomic E-state index is 0.0187. The van der Waals surface area contributed by atoms with E-state index >= 15 is 0 Å². The summed E-state index contributed by atoms with van der Waals surface area (Å²) in [6.45, 7) is 8.03. The average Bonchev–Trinajstić information content (AvgIpc) is 3.72. The highest BCUT2D eigenvalue weighted by atomic mass is 32.2. The van der Waals surface area contributed by atoms with Crippen LogP contribution in [-0.4, -0.2) is 43.1 Å². The van der Waals surface area contributed by atoms with Crippen LogP contribution < -0.4 is 10.0 Å². The molecule has 1 unspecified atom stereocenters. The van der Waals surface area contributed by atoms with Gasteiger partial charge in [-0.2, -0.15) is 13.2 Å². The van der Waals surface area contributed by atoms with Crippen LogP contribution in [0.4, 0.5) is 19.0 Å². The highest BCUT2D eigenvalue weighted by molar-refractivity contribution is 8.13. The standard InChI is InChI=1S/C30H31F3N6OS/c1-5-23(20-12-13-20)34-25-24-26(36-27(35-25)29(40)38-41(4)6-2)37-28(21-9-7-8-18(3)16-21)39(24)17-19-10-14-22(15-11-19)30(31,32)33/h5-11,14-16,20,23H,1,12-13,17H2,2-4H3,(H,38,40)(H,34,35,36)/t23-,41?/m1/s1. The van der Waals surface area contributed by atoms with Crippen LogP contribution in [0.15, 0.2) is 61.2 Å². The molecule has 5 rings (SSSR count). The van der Waals surface area contributed by atoms with Gasteiger partial charge in [-0.15, -0.1) is 17.2 Å². The molecule has 2 N–H and O–H groups in total. The van der Waals surface area contributed by atoms with Crippen molar-refractivity contribution in [2.75, 3.05) is 11.6 Å². The van der Waals surface area contributed by atoms with E-state index < -0.39 is 28.3 Å². The Morgan fingerprint density at radius 3 is 2.51 bits per heavy atom. The summed E-state index contributed by atoms with van der Waals surface area (Å²) >= 11 is 0. The Morgan fingerprint density at radius 1 is 1.17 bits per heavy atom. The van der Waals surface area contributed by atoms with Crippen LogP contribution in [-0.2, 0) is 12.7 Å². The first kappa shape index (κ1) is 28.5. The lowest BCUT2D eigenvalue weighted by molar-refractivity contribution is -0.137. The van der Waals surface area contributed by atoms with Crippen molar-refractivity contribution in [3.8, 4) is 11.4 Å². The van der Waals surface area contributed by atoms with Crippen LogP contribution in [0.1, 0.15) is 47.1 Å². The number of fused-ring (bicyclic) bond motifs is 1. The molecule has 0 aliphatic heterocycles. The monoisotopic (exact) mass is 580 g/mol. The van der Waals surface area contributed by atoms with Crippen LogP contribution in [0.5, 0.6) is 0 Å². The zero-order valence-electron chi connectivity index (χ0n) is 23.0. The molecular formula is C30H31F3N6OS. The van der Waals surface area contributed by atoms with Crippen molar-refractivity contribution in [1.82, 2.24) is 24.2 Å². The Balaban J connectivity index is 1.70. The van der Waals surface area contributed by atoms with Crippen LogP contribution in [0.2, 0.25) is 0 Å². The van der Waals surface area contributed by atoms with Crippen LogP contribution in [0.25, 0.3) is 22.6 Å². The Bertz CT molecular complexity index is 1640. The second-order valence-corrected chi connectivity index (χ2v) is 11.9. The number of nitrogens with one attached hydrogen (secondary N) is 2. The van der Waals surface area contributed by atoms with E-state index in [-0.39, 0.29) is 18.4 Å². The molecular weight excluding hydrogens is 549 g/mol. The number of hydrogen-bond acceptors (Lipinski definition) is 5.